The molecule has 1 amide bonds. The van der Waals surface area contributed by atoms with E-state index in [1.165, 1.54) is 0 Å². The van der Waals surface area contributed by atoms with Gasteiger partial charge in [0.2, 0.25) is 11.6 Å². The summed E-state index contributed by atoms with van der Waals surface area (Å²) in [5, 5.41) is 48.1. The molecule has 42 heavy (non-hydrogen) atoms. The molecular formula is C29H35F3N3O7+. The van der Waals surface area contributed by atoms with Crippen molar-refractivity contribution < 1.29 is 52.9 Å². The smallest absolute Gasteiger partial charge is 0.417 e. The summed E-state index contributed by atoms with van der Waals surface area (Å²) >= 11 is 0. The second-order valence-electron chi connectivity index (χ2n) is 11.7. The average molecular weight is 595 g/mol. The molecule has 0 spiro atoms. The van der Waals surface area contributed by atoms with E-state index in [-0.39, 0.29) is 17.5 Å². The van der Waals surface area contributed by atoms with Gasteiger partial charge in [-0.2, -0.15) is 13.2 Å². The zero-order valence-corrected chi connectivity index (χ0v) is 23.3. The molecular weight excluding hydrogens is 559 g/mol. The van der Waals surface area contributed by atoms with Gasteiger partial charge in [-0.1, -0.05) is 6.92 Å². The number of likely N-dealkylation sites (N-methyl/N-ethyl adjacent to an activating group) is 1. The van der Waals surface area contributed by atoms with E-state index in [1.54, 1.807) is 6.92 Å². The van der Waals surface area contributed by atoms with Crippen molar-refractivity contribution in [2.24, 2.45) is 17.6 Å². The Balaban J connectivity index is 1.75. The normalized spacial score (nSPS) is 30.2. The lowest BCUT2D eigenvalue weighted by atomic mass is 9.57. The molecule has 228 valence electrons. The number of hydrogen-bond donors (Lipinski definition) is 7. The second kappa shape index (κ2) is 10.4. The maximum Gasteiger partial charge on any atom is 0.417 e. The molecule has 2 fully saturated rings. The number of aromatic hydroxyl groups is 1. The summed E-state index contributed by atoms with van der Waals surface area (Å²) in [5.74, 6) is -8.69. The average Bonchev–Trinajstić information content (AvgIpc) is 3.44. The molecule has 5 rings (SSSR count). The van der Waals surface area contributed by atoms with Gasteiger partial charge in [0.25, 0.3) is 5.91 Å². The van der Waals surface area contributed by atoms with Gasteiger partial charge in [0.1, 0.15) is 22.8 Å². The number of amides is 1. The van der Waals surface area contributed by atoms with E-state index in [9.17, 15) is 48.0 Å². The van der Waals surface area contributed by atoms with Gasteiger partial charge >= 0.3 is 6.18 Å². The number of benzene rings is 1. The van der Waals surface area contributed by atoms with Gasteiger partial charge in [0, 0.05) is 11.6 Å². The molecule has 1 aliphatic heterocycles. The molecule has 1 aromatic rings. The molecule has 10 nitrogen and oxygen atoms in total. The highest BCUT2D eigenvalue weighted by Crippen LogP contribution is 2.54. The predicted octanol–water partition coefficient (Wildman–Crippen LogP) is 1.16. The number of aliphatic hydroxyl groups is 3. The van der Waals surface area contributed by atoms with Crippen LogP contribution in [0.5, 0.6) is 5.75 Å². The number of rotatable bonds is 6. The van der Waals surface area contributed by atoms with Crippen molar-refractivity contribution in [2.75, 3.05) is 19.6 Å². The number of phenols is 1. The molecule has 3 aliphatic carbocycles. The summed E-state index contributed by atoms with van der Waals surface area (Å²) in [5.41, 5.74) is -0.944. The maximum absolute atomic E-state index is 14.7. The van der Waals surface area contributed by atoms with Crippen LogP contribution in [0.4, 0.5) is 13.2 Å². The fourth-order valence-electron chi connectivity index (χ4n) is 7.68. The van der Waals surface area contributed by atoms with Crippen LogP contribution in [-0.4, -0.2) is 69.2 Å². The number of fused-ring (bicyclic) bond motifs is 3. The quantitative estimate of drug-likeness (QED) is 0.240. The molecule has 0 bridgehead atoms. The summed E-state index contributed by atoms with van der Waals surface area (Å²) < 4.78 is 44.0. The number of quaternary nitrogens is 1. The molecule has 1 saturated carbocycles. The van der Waals surface area contributed by atoms with Crippen molar-refractivity contribution in [1.82, 2.24) is 5.32 Å². The fraction of sp³-hybridized carbons (Fsp3) is 0.552. The fourth-order valence-corrected chi connectivity index (χ4v) is 7.68. The third-order valence-corrected chi connectivity index (χ3v) is 9.42. The first-order chi connectivity index (χ1) is 19.7. The van der Waals surface area contributed by atoms with Crippen molar-refractivity contribution in [3.63, 3.8) is 0 Å². The Labute approximate surface area is 239 Å². The molecule has 8 N–H and O–H groups in total. The minimum atomic E-state index is -4.86. The molecule has 1 heterocycles. The van der Waals surface area contributed by atoms with Crippen molar-refractivity contribution >= 4 is 23.2 Å². The standard InChI is InChI=1S/C29H34F3N3O7/c1-3-8-35(4-2)22-15-10-12-9-14-19(17(36)11-13(16-6-5-7-34-16)21(14)29(30,31)32)23(37)18(12)25(39)28(15,42)26(40)20(24(22)38)27(33)41/h11-12,15-16,22,34,36-37,40,42H,3-10H2,1-2H3,(H2,33,41)/p+1/t12?,15-,16?,22?,28-/m0/s1. The van der Waals surface area contributed by atoms with Crippen LogP contribution in [0, 0.1) is 11.8 Å². The van der Waals surface area contributed by atoms with Crippen molar-refractivity contribution in [1.29, 1.82) is 0 Å². The summed E-state index contributed by atoms with van der Waals surface area (Å²) in [6, 6.07) is -0.941. The summed E-state index contributed by atoms with van der Waals surface area (Å²) in [6.45, 7) is 4.84. The third-order valence-electron chi connectivity index (χ3n) is 9.42. The van der Waals surface area contributed by atoms with Crippen LogP contribution in [0.2, 0.25) is 0 Å². The topological polar surface area (TPSA) is 175 Å². The van der Waals surface area contributed by atoms with Crippen LogP contribution in [0.25, 0.3) is 5.76 Å². The van der Waals surface area contributed by atoms with Crippen molar-refractivity contribution in [3.05, 3.63) is 45.2 Å². The highest BCUT2D eigenvalue weighted by Gasteiger charge is 2.66. The molecule has 1 saturated heterocycles. The van der Waals surface area contributed by atoms with Crippen LogP contribution in [-0.2, 0) is 27.0 Å². The Morgan fingerprint density at radius 1 is 1.21 bits per heavy atom. The SMILES string of the molecule is CCC[NH+](CC)C1C(=O)C(C(N)=O)=C(O)[C@@]2(O)C(=O)C3=C(O)c4c(O)cc(C5CCCN5)c(C(F)(F)F)c4CC3C[C@@H]12. The molecule has 0 aromatic heterocycles. The zero-order valence-electron chi connectivity index (χ0n) is 23.3. The number of aliphatic hydroxyl groups excluding tert-OH is 2. The predicted molar refractivity (Wildman–Crippen MR) is 142 cm³/mol. The Morgan fingerprint density at radius 2 is 1.90 bits per heavy atom. The highest BCUT2D eigenvalue weighted by molar-refractivity contribution is 6.24. The lowest BCUT2D eigenvalue weighted by Crippen LogP contribution is -3.18. The number of nitrogens with one attached hydrogen (secondary N) is 2. The number of hydrogen-bond acceptors (Lipinski definition) is 8. The minimum Gasteiger partial charge on any atom is -0.508 e. The minimum absolute atomic E-state index is 0.159. The maximum atomic E-state index is 14.7. The molecule has 1 aromatic carbocycles. The van der Waals surface area contributed by atoms with E-state index < -0.39 is 99.1 Å². The van der Waals surface area contributed by atoms with Crippen LogP contribution in [0.1, 0.15) is 67.8 Å². The van der Waals surface area contributed by atoms with Crippen molar-refractivity contribution in [3.8, 4) is 5.75 Å². The van der Waals surface area contributed by atoms with Gasteiger partial charge in [-0.05, 0) is 68.7 Å². The van der Waals surface area contributed by atoms with E-state index >= 15 is 0 Å². The third kappa shape index (κ3) is 4.23. The molecule has 13 heteroatoms. The molecule has 0 radical (unpaired) electrons. The largest absolute Gasteiger partial charge is 0.508 e. The van der Waals surface area contributed by atoms with Crippen LogP contribution < -0.4 is 16.0 Å². The Kier molecular flexibility index (Phi) is 7.43. The Bertz CT molecular complexity index is 1430. The van der Waals surface area contributed by atoms with E-state index in [4.69, 9.17) is 5.73 Å². The lowest BCUT2D eigenvalue weighted by Gasteiger charge is -2.49. The first-order valence-corrected chi connectivity index (χ1v) is 14.2. The van der Waals surface area contributed by atoms with Gasteiger partial charge in [0.15, 0.2) is 11.6 Å². The Hall–Kier alpha value is -3.42. The number of primary amides is 1. The van der Waals surface area contributed by atoms with E-state index in [0.717, 1.165) is 6.07 Å². The number of ketones is 2. The van der Waals surface area contributed by atoms with Gasteiger partial charge in [-0.25, -0.2) is 0 Å². The number of carbonyl (C=O) groups is 3. The number of Topliss-reactive ketones (excluding diaryl/α,β-unsaturated/α-hetero) is 2. The number of carbonyl (C=O) groups excluding carboxylic acids is 3. The monoisotopic (exact) mass is 594 g/mol. The van der Waals surface area contributed by atoms with E-state index in [1.807, 2.05) is 6.92 Å². The highest BCUT2D eigenvalue weighted by atomic mass is 19.4. The first kappa shape index (κ1) is 30.1. The lowest BCUT2D eigenvalue weighted by molar-refractivity contribution is -0.919. The second-order valence-corrected chi connectivity index (χ2v) is 11.7. The van der Waals surface area contributed by atoms with Crippen LogP contribution in [0.15, 0.2) is 23.0 Å². The number of alkyl halides is 3. The molecule has 6 atom stereocenters. The number of phenolic OH excluding ortho intramolecular Hbond substituents is 1. The van der Waals surface area contributed by atoms with Crippen molar-refractivity contribution in [2.45, 2.75) is 69.8 Å². The molecule has 4 unspecified atom stereocenters. The van der Waals surface area contributed by atoms with Crippen LogP contribution in [0.3, 0.4) is 0 Å². The first-order valence-electron chi connectivity index (χ1n) is 14.2. The van der Waals surface area contributed by atoms with Gasteiger partial charge in [0.05, 0.1) is 30.1 Å². The zero-order chi connectivity index (χ0) is 30.9. The number of nitrogens with two attached hydrogens (primary N) is 1. The summed E-state index contributed by atoms with van der Waals surface area (Å²) in [7, 11) is 0. The van der Waals surface area contributed by atoms with Crippen LogP contribution >= 0.6 is 0 Å². The van der Waals surface area contributed by atoms with E-state index in [0.29, 0.717) is 43.8 Å². The van der Waals surface area contributed by atoms with Gasteiger partial charge in [-0.15, -0.1) is 0 Å². The summed E-state index contributed by atoms with van der Waals surface area (Å²) in [6.07, 6.45) is -3.90. The Morgan fingerprint density at radius 3 is 2.45 bits per heavy atom. The number of halogens is 3. The molecule has 4 aliphatic rings. The summed E-state index contributed by atoms with van der Waals surface area (Å²) in [4.78, 5) is 40.5. The van der Waals surface area contributed by atoms with Gasteiger partial charge in [-0.3, -0.25) is 14.4 Å². The van der Waals surface area contributed by atoms with E-state index in [2.05, 4.69) is 5.32 Å². The van der Waals surface area contributed by atoms with Gasteiger partial charge < -0.3 is 36.4 Å².